The summed E-state index contributed by atoms with van der Waals surface area (Å²) < 4.78 is 13.1. The fraction of sp³-hybridized carbons (Fsp3) is 0.480. The third kappa shape index (κ3) is 5.89. The van der Waals surface area contributed by atoms with Crippen LogP contribution in [-0.4, -0.2) is 41.9 Å². The molecule has 0 unspecified atom stereocenters. The summed E-state index contributed by atoms with van der Waals surface area (Å²) in [5.41, 5.74) is 3.58. The minimum absolute atomic E-state index is 0.0219. The summed E-state index contributed by atoms with van der Waals surface area (Å²) >= 11 is 0. The number of hydrogen-bond donors (Lipinski definition) is 1. The molecule has 2 aromatic carbocycles. The van der Waals surface area contributed by atoms with Gasteiger partial charge in [0.05, 0.1) is 5.92 Å². The minimum atomic E-state index is -0.210. The highest BCUT2D eigenvalue weighted by atomic mass is 19.1. The van der Waals surface area contributed by atoms with Gasteiger partial charge in [0.15, 0.2) is 0 Å². The second-order valence-electron chi connectivity index (χ2n) is 8.72. The van der Waals surface area contributed by atoms with E-state index in [0.717, 1.165) is 50.1 Å². The maximum Gasteiger partial charge on any atom is 0.224 e. The van der Waals surface area contributed by atoms with E-state index in [1.54, 1.807) is 0 Å². The van der Waals surface area contributed by atoms with Gasteiger partial charge in [-0.05, 0) is 74.1 Å². The van der Waals surface area contributed by atoms with Crippen molar-refractivity contribution in [1.82, 2.24) is 15.1 Å². The predicted molar refractivity (Wildman–Crippen MR) is 117 cm³/mol. The lowest BCUT2D eigenvalue weighted by Gasteiger charge is -2.32. The van der Waals surface area contributed by atoms with Crippen LogP contribution in [0.1, 0.15) is 42.4 Å². The molecule has 2 aromatic rings. The molecule has 0 bridgehead atoms. The molecule has 4 nitrogen and oxygen atoms in total. The molecule has 2 fully saturated rings. The Labute approximate surface area is 179 Å². The Kier molecular flexibility index (Phi) is 7.13. The van der Waals surface area contributed by atoms with Gasteiger partial charge in [0.25, 0.3) is 0 Å². The lowest BCUT2D eigenvalue weighted by atomic mass is 9.96. The van der Waals surface area contributed by atoms with E-state index in [0.29, 0.717) is 6.54 Å². The molecule has 1 amide bonds. The SMILES string of the molecule is O=C(NCc1ccc(CN2CCCC2)cc1)[C@H]1CCCN(Cc2ccc(F)cc2)C1. The van der Waals surface area contributed by atoms with Gasteiger partial charge >= 0.3 is 0 Å². The Hall–Kier alpha value is -2.24. The number of piperidine rings is 1. The quantitative estimate of drug-likeness (QED) is 0.752. The van der Waals surface area contributed by atoms with Crippen LogP contribution in [0.5, 0.6) is 0 Å². The molecule has 0 spiro atoms. The van der Waals surface area contributed by atoms with Gasteiger partial charge in [-0.2, -0.15) is 0 Å². The molecule has 0 radical (unpaired) electrons. The lowest BCUT2D eigenvalue weighted by molar-refractivity contribution is -0.126. The Bertz CT molecular complexity index is 815. The fourth-order valence-corrected chi connectivity index (χ4v) is 4.56. The van der Waals surface area contributed by atoms with Crippen molar-refractivity contribution in [2.24, 2.45) is 5.92 Å². The van der Waals surface area contributed by atoms with Crippen LogP contribution in [0.4, 0.5) is 4.39 Å². The number of carbonyl (C=O) groups excluding carboxylic acids is 1. The van der Waals surface area contributed by atoms with Crippen molar-refractivity contribution < 1.29 is 9.18 Å². The third-order valence-electron chi connectivity index (χ3n) is 6.29. The number of benzene rings is 2. The highest BCUT2D eigenvalue weighted by Crippen LogP contribution is 2.19. The molecule has 5 heteroatoms. The maximum atomic E-state index is 13.1. The summed E-state index contributed by atoms with van der Waals surface area (Å²) in [6.07, 6.45) is 4.57. The number of likely N-dealkylation sites (tertiary alicyclic amines) is 2. The number of rotatable bonds is 7. The Morgan fingerprint density at radius 3 is 2.10 bits per heavy atom. The molecule has 30 heavy (non-hydrogen) atoms. The van der Waals surface area contributed by atoms with Crippen LogP contribution in [-0.2, 0) is 24.4 Å². The van der Waals surface area contributed by atoms with Crippen LogP contribution in [0, 0.1) is 11.7 Å². The summed E-state index contributed by atoms with van der Waals surface area (Å²) in [5, 5.41) is 3.13. The maximum absolute atomic E-state index is 13.1. The number of hydrogen-bond acceptors (Lipinski definition) is 3. The molecule has 1 N–H and O–H groups in total. The first-order valence-corrected chi connectivity index (χ1v) is 11.2. The van der Waals surface area contributed by atoms with Gasteiger partial charge in [0, 0.05) is 26.2 Å². The van der Waals surface area contributed by atoms with Gasteiger partial charge in [0.2, 0.25) is 5.91 Å². The van der Waals surface area contributed by atoms with E-state index in [1.807, 2.05) is 12.1 Å². The number of carbonyl (C=O) groups is 1. The van der Waals surface area contributed by atoms with E-state index in [9.17, 15) is 9.18 Å². The molecule has 2 aliphatic heterocycles. The second-order valence-corrected chi connectivity index (χ2v) is 8.72. The van der Waals surface area contributed by atoms with Crippen molar-refractivity contribution in [3.63, 3.8) is 0 Å². The number of amides is 1. The van der Waals surface area contributed by atoms with E-state index in [4.69, 9.17) is 0 Å². The van der Waals surface area contributed by atoms with Crippen LogP contribution in [0.25, 0.3) is 0 Å². The molecule has 0 aliphatic carbocycles. The lowest BCUT2D eigenvalue weighted by Crippen LogP contribution is -2.42. The predicted octanol–water partition coefficient (Wildman–Crippen LogP) is 3.95. The van der Waals surface area contributed by atoms with Crippen molar-refractivity contribution in [1.29, 1.82) is 0 Å². The summed E-state index contributed by atoms with van der Waals surface area (Å²) in [7, 11) is 0. The Balaban J connectivity index is 1.23. The monoisotopic (exact) mass is 409 g/mol. The number of nitrogens with one attached hydrogen (secondary N) is 1. The van der Waals surface area contributed by atoms with Gasteiger partial charge in [-0.15, -0.1) is 0 Å². The van der Waals surface area contributed by atoms with Crippen molar-refractivity contribution in [3.05, 3.63) is 71.0 Å². The fourth-order valence-electron chi connectivity index (χ4n) is 4.56. The highest BCUT2D eigenvalue weighted by Gasteiger charge is 2.25. The van der Waals surface area contributed by atoms with Crippen LogP contribution in [0.2, 0.25) is 0 Å². The highest BCUT2D eigenvalue weighted by molar-refractivity contribution is 5.79. The summed E-state index contributed by atoms with van der Waals surface area (Å²) in [4.78, 5) is 17.5. The average Bonchev–Trinajstić information content (AvgIpc) is 3.28. The zero-order valence-electron chi connectivity index (χ0n) is 17.7. The molecule has 4 rings (SSSR count). The van der Waals surface area contributed by atoms with Crippen molar-refractivity contribution in [2.45, 2.75) is 45.3 Å². The third-order valence-corrected chi connectivity index (χ3v) is 6.29. The van der Waals surface area contributed by atoms with Crippen LogP contribution >= 0.6 is 0 Å². The zero-order chi connectivity index (χ0) is 20.8. The first kappa shape index (κ1) is 21.0. The molecular formula is C25H32FN3O. The summed E-state index contributed by atoms with van der Waals surface area (Å²) in [6, 6.07) is 15.3. The van der Waals surface area contributed by atoms with Gasteiger partial charge in [-0.25, -0.2) is 4.39 Å². The molecule has 160 valence electrons. The Morgan fingerprint density at radius 2 is 1.40 bits per heavy atom. The molecular weight excluding hydrogens is 377 g/mol. The molecule has 1 atom stereocenters. The van der Waals surface area contributed by atoms with E-state index in [1.165, 1.54) is 43.6 Å². The number of nitrogens with zero attached hydrogens (tertiary/aromatic N) is 2. The second kappa shape index (κ2) is 10.2. The van der Waals surface area contributed by atoms with Crippen molar-refractivity contribution in [3.8, 4) is 0 Å². The molecule has 0 saturated carbocycles. The van der Waals surface area contributed by atoms with Gasteiger partial charge in [-0.3, -0.25) is 14.6 Å². The van der Waals surface area contributed by atoms with E-state index in [2.05, 4.69) is 39.4 Å². The largest absolute Gasteiger partial charge is 0.352 e. The van der Waals surface area contributed by atoms with Gasteiger partial charge in [-0.1, -0.05) is 36.4 Å². The smallest absolute Gasteiger partial charge is 0.224 e. The van der Waals surface area contributed by atoms with Gasteiger partial charge in [0.1, 0.15) is 5.82 Å². The standard InChI is InChI=1S/C25H32FN3O/c26-24-11-9-22(10-12-24)18-29-15-3-4-23(19-29)25(30)27-16-20-5-7-21(8-6-20)17-28-13-1-2-14-28/h5-12,23H,1-4,13-19H2,(H,27,30)/t23-/m0/s1. The van der Waals surface area contributed by atoms with E-state index >= 15 is 0 Å². The van der Waals surface area contributed by atoms with Crippen LogP contribution in [0.3, 0.4) is 0 Å². The summed E-state index contributed by atoms with van der Waals surface area (Å²) in [6.45, 7) is 6.53. The van der Waals surface area contributed by atoms with Crippen molar-refractivity contribution >= 4 is 5.91 Å². The molecule has 2 heterocycles. The van der Waals surface area contributed by atoms with Gasteiger partial charge < -0.3 is 5.32 Å². The van der Waals surface area contributed by atoms with Crippen molar-refractivity contribution in [2.75, 3.05) is 26.2 Å². The number of halogens is 1. The molecule has 0 aromatic heterocycles. The normalized spacial score (nSPS) is 20.4. The molecule has 2 aliphatic rings. The topological polar surface area (TPSA) is 35.6 Å². The first-order valence-electron chi connectivity index (χ1n) is 11.2. The molecule has 2 saturated heterocycles. The minimum Gasteiger partial charge on any atom is -0.352 e. The van der Waals surface area contributed by atoms with E-state index < -0.39 is 0 Å². The zero-order valence-corrected chi connectivity index (χ0v) is 17.7. The van der Waals surface area contributed by atoms with Crippen LogP contribution in [0.15, 0.2) is 48.5 Å². The first-order chi connectivity index (χ1) is 14.7. The van der Waals surface area contributed by atoms with Crippen LogP contribution < -0.4 is 5.32 Å². The summed E-state index contributed by atoms with van der Waals surface area (Å²) in [5.74, 6) is -0.0488. The van der Waals surface area contributed by atoms with E-state index in [-0.39, 0.29) is 17.6 Å². The average molecular weight is 410 g/mol. The Morgan fingerprint density at radius 1 is 0.833 bits per heavy atom.